The number of nitrogens with one attached hydrogen (secondary N) is 1. The van der Waals surface area contributed by atoms with Crippen molar-refractivity contribution in [2.45, 2.75) is 38.0 Å². The molecule has 1 saturated carbocycles. The summed E-state index contributed by atoms with van der Waals surface area (Å²) in [6.07, 6.45) is 6.71. The molecule has 1 heterocycles. The molecule has 0 saturated heterocycles. The summed E-state index contributed by atoms with van der Waals surface area (Å²) in [6, 6.07) is 6.21. The summed E-state index contributed by atoms with van der Waals surface area (Å²) in [6.45, 7) is 0. The number of nitrogens with zero attached hydrogens (tertiary/aromatic N) is 1. The van der Waals surface area contributed by atoms with Gasteiger partial charge in [0.05, 0.1) is 5.52 Å². The molecule has 0 atom stereocenters. The van der Waals surface area contributed by atoms with Crippen molar-refractivity contribution in [3.63, 3.8) is 0 Å². The number of rotatable bonds is 1. The lowest BCUT2D eigenvalue weighted by Crippen LogP contribution is -2.05. The highest BCUT2D eigenvalue weighted by atomic mass is 79.9. The zero-order valence-corrected chi connectivity index (χ0v) is 10.8. The van der Waals surface area contributed by atoms with Crippen molar-refractivity contribution in [2.24, 2.45) is 0 Å². The number of halogens is 1. The molecule has 1 aromatic heterocycles. The summed E-state index contributed by atoms with van der Waals surface area (Å²) >= 11 is 3.63. The minimum atomic E-state index is 0.678. The number of benzene rings is 1. The number of H-pyrrole nitrogens is 1. The number of fused-ring (bicyclic) bond motifs is 1. The Morgan fingerprint density at radius 3 is 2.81 bits per heavy atom. The van der Waals surface area contributed by atoms with Crippen molar-refractivity contribution >= 4 is 26.8 Å². The predicted octanol–water partition coefficient (Wildman–Crippen LogP) is 4.37. The molecule has 1 aliphatic rings. The van der Waals surface area contributed by atoms with Gasteiger partial charge in [-0.15, -0.1) is 0 Å². The smallest absolute Gasteiger partial charge is 0.0935 e. The first-order valence-corrected chi connectivity index (χ1v) is 6.78. The van der Waals surface area contributed by atoms with E-state index in [0.717, 1.165) is 5.52 Å². The number of aromatic amines is 1. The summed E-state index contributed by atoms with van der Waals surface area (Å²) in [7, 11) is 0. The topological polar surface area (TPSA) is 28.7 Å². The van der Waals surface area contributed by atoms with Gasteiger partial charge in [-0.3, -0.25) is 5.10 Å². The van der Waals surface area contributed by atoms with E-state index in [4.69, 9.17) is 0 Å². The minimum Gasteiger partial charge on any atom is -0.281 e. The van der Waals surface area contributed by atoms with E-state index < -0.39 is 0 Å². The molecular formula is C13H15BrN2. The fourth-order valence-electron chi connectivity index (χ4n) is 2.74. The van der Waals surface area contributed by atoms with Crippen LogP contribution in [-0.4, -0.2) is 10.2 Å². The van der Waals surface area contributed by atoms with Crippen LogP contribution in [0.25, 0.3) is 10.9 Å². The maximum Gasteiger partial charge on any atom is 0.0935 e. The lowest BCUT2D eigenvalue weighted by Gasteiger charge is -2.20. The Morgan fingerprint density at radius 2 is 2.00 bits per heavy atom. The number of hydrogen-bond donors (Lipinski definition) is 1. The van der Waals surface area contributed by atoms with Gasteiger partial charge in [0, 0.05) is 21.5 Å². The summed E-state index contributed by atoms with van der Waals surface area (Å²) < 4.78 is 1.17. The SMILES string of the molecule is Brc1cccc2n[nH]c(C3CCCCC3)c12. The summed E-state index contributed by atoms with van der Waals surface area (Å²) in [5.41, 5.74) is 2.41. The first kappa shape index (κ1) is 10.3. The first-order valence-electron chi connectivity index (χ1n) is 5.99. The highest BCUT2D eigenvalue weighted by molar-refractivity contribution is 9.10. The van der Waals surface area contributed by atoms with Gasteiger partial charge < -0.3 is 0 Å². The van der Waals surface area contributed by atoms with E-state index in [9.17, 15) is 0 Å². The van der Waals surface area contributed by atoms with Crippen LogP contribution in [0.3, 0.4) is 0 Å². The molecule has 1 aromatic carbocycles. The molecule has 0 radical (unpaired) electrons. The predicted molar refractivity (Wildman–Crippen MR) is 69.6 cm³/mol. The van der Waals surface area contributed by atoms with Gasteiger partial charge in [-0.1, -0.05) is 41.3 Å². The van der Waals surface area contributed by atoms with Gasteiger partial charge in [-0.25, -0.2) is 0 Å². The van der Waals surface area contributed by atoms with Gasteiger partial charge in [-0.2, -0.15) is 5.10 Å². The Kier molecular flexibility index (Phi) is 2.72. The highest BCUT2D eigenvalue weighted by Crippen LogP contribution is 2.37. The van der Waals surface area contributed by atoms with Crippen LogP contribution in [0.1, 0.15) is 43.7 Å². The molecule has 16 heavy (non-hydrogen) atoms. The van der Waals surface area contributed by atoms with Crippen molar-refractivity contribution in [1.29, 1.82) is 0 Å². The molecule has 1 aliphatic carbocycles. The maximum absolute atomic E-state index is 4.40. The van der Waals surface area contributed by atoms with Crippen molar-refractivity contribution < 1.29 is 0 Å². The van der Waals surface area contributed by atoms with E-state index >= 15 is 0 Å². The van der Waals surface area contributed by atoms with Crippen LogP contribution in [-0.2, 0) is 0 Å². The van der Waals surface area contributed by atoms with Gasteiger partial charge in [0.15, 0.2) is 0 Å². The van der Waals surface area contributed by atoms with Crippen molar-refractivity contribution in [1.82, 2.24) is 10.2 Å². The molecule has 1 fully saturated rings. The largest absolute Gasteiger partial charge is 0.281 e. The van der Waals surface area contributed by atoms with Crippen molar-refractivity contribution in [2.75, 3.05) is 0 Å². The van der Waals surface area contributed by atoms with E-state index in [1.807, 2.05) is 6.07 Å². The molecule has 0 bridgehead atoms. The molecule has 0 aliphatic heterocycles. The Labute approximate surface area is 104 Å². The van der Waals surface area contributed by atoms with E-state index in [1.54, 1.807) is 0 Å². The average Bonchev–Trinajstić information content (AvgIpc) is 2.75. The monoisotopic (exact) mass is 278 g/mol. The van der Waals surface area contributed by atoms with E-state index in [0.29, 0.717) is 5.92 Å². The van der Waals surface area contributed by atoms with Crippen LogP contribution in [0.15, 0.2) is 22.7 Å². The molecular weight excluding hydrogens is 264 g/mol. The molecule has 3 heteroatoms. The fraction of sp³-hybridized carbons (Fsp3) is 0.462. The summed E-state index contributed by atoms with van der Waals surface area (Å²) in [5, 5.41) is 8.93. The zero-order chi connectivity index (χ0) is 11.0. The standard InChI is InChI=1S/C13H15BrN2/c14-10-7-4-8-11-12(10)13(16-15-11)9-5-2-1-3-6-9/h4,7-9H,1-3,5-6H2,(H,15,16). The molecule has 1 N–H and O–H groups in total. The van der Waals surface area contributed by atoms with Crippen LogP contribution < -0.4 is 0 Å². The van der Waals surface area contributed by atoms with Gasteiger partial charge in [0.25, 0.3) is 0 Å². The number of aromatic nitrogens is 2. The van der Waals surface area contributed by atoms with Crippen LogP contribution in [0.4, 0.5) is 0 Å². The maximum atomic E-state index is 4.40. The van der Waals surface area contributed by atoms with E-state index in [2.05, 4.69) is 38.3 Å². The molecule has 0 unspecified atom stereocenters. The second kappa shape index (κ2) is 4.21. The van der Waals surface area contributed by atoms with Crippen LogP contribution in [0, 0.1) is 0 Å². The molecule has 0 spiro atoms. The summed E-state index contributed by atoms with van der Waals surface area (Å²) in [5.74, 6) is 0.678. The second-order valence-electron chi connectivity index (χ2n) is 4.61. The van der Waals surface area contributed by atoms with Crippen LogP contribution >= 0.6 is 15.9 Å². The average molecular weight is 279 g/mol. The first-order chi connectivity index (χ1) is 7.86. The van der Waals surface area contributed by atoms with Gasteiger partial charge >= 0.3 is 0 Å². The van der Waals surface area contributed by atoms with E-state index in [1.165, 1.54) is 47.7 Å². The Hall–Kier alpha value is -0.830. The Morgan fingerprint density at radius 1 is 1.19 bits per heavy atom. The van der Waals surface area contributed by atoms with Crippen molar-refractivity contribution in [3.8, 4) is 0 Å². The third kappa shape index (κ3) is 1.67. The fourth-order valence-corrected chi connectivity index (χ4v) is 3.30. The summed E-state index contributed by atoms with van der Waals surface area (Å²) in [4.78, 5) is 0. The highest BCUT2D eigenvalue weighted by Gasteiger charge is 2.20. The van der Waals surface area contributed by atoms with Gasteiger partial charge in [-0.05, 0) is 25.0 Å². The minimum absolute atomic E-state index is 0.678. The molecule has 84 valence electrons. The van der Waals surface area contributed by atoms with Crippen molar-refractivity contribution in [3.05, 3.63) is 28.4 Å². The van der Waals surface area contributed by atoms with Crippen LogP contribution in [0.5, 0.6) is 0 Å². The second-order valence-corrected chi connectivity index (χ2v) is 5.46. The zero-order valence-electron chi connectivity index (χ0n) is 9.17. The lowest BCUT2D eigenvalue weighted by molar-refractivity contribution is 0.438. The third-order valence-electron chi connectivity index (χ3n) is 3.57. The number of hydrogen-bond acceptors (Lipinski definition) is 1. The lowest BCUT2D eigenvalue weighted by atomic mass is 9.86. The van der Waals surface area contributed by atoms with Gasteiger partial charge in [0.1, 0.15) is 0 Å². The molecule has 3 rings (SSSR count). The van der Waals surface area contributed by atoms with E-state index in [-0.39, 0.29) is 0 Å². The van der Waals surface area contributed by atoms with Crippen LogP contribution in [0.2, 0.25) is 0 Å². The third-order valence-corrected chi connectivity index (χ3v) is 4.23. The normalized spacial score (nSPS) is 18.1. The van der Waals surface area contributed by atoms with Gasteiger partial charge in [0.2, 0.25) is 0 Å². The quantitative estimate of drug-likeness (QED) is 0.824. The molecule has 2 nitrogen and oxygen atoms in total. The molecule has 0 amide bonds. The Balaban J connectivity index is 2.09. The molecule has 2 aromatic rings. The Bertz CT molecular complexity index is 498.